The van der Waals surface area contributed by atoms with Crippen LogP contribution in [0.1, 0.15) is 0 Å². The van der Waals surface area contributed by atoms with Crippen molar-refractivity contribution in [3.05, 3.63) is 28.3 Å². The second-order valence-electron chi connectivity index (χ2n) is 6.56. The minimum absolute atomic E-state index is 0.0644. The number of nitrogens with zero attached hydrogens (tertiary/aromatic N) is 2. The summed E-state index contributed by atoms with van der Waals surface area (Å²) in [7, 11) is -4.06. The van der Waals surface area contributed by atoms with Crippen molar-refractivity contribution in [3.63, 3.8) is 0 Å². The Morgan fingerprint density at radius 2 is 2.04 bits per heavy atom. The van der Waals surface area contributed by atoms with E-state index < -0.39 is 27.3 Å². The molecular weight excluding hydrogens is 369 g/mol. The zero-order chi connectivity index (χ0) is 18.9. The molecular formula is C15H20FN3O6S. The van der Waals surface area contributed by atoms with E-state index in [1.807, 2.05) is 0 Å². The molecule has 9 nitrogen and oxygen atoms in total. The number of alkyl halides is 1. The molecule has 0 aromatic heterocycles. The van der Waals surface area contributed by atoms with Gasteiger partial charge in [-0.2, -0.15) is 0 Å². The van der Waals surface area contributed by atoms with Crippen LogP contribution in [0.25, 0.3) is 0 Å². The molecule has 1 aromatic rings. The summed E-state index contributed by atoms with van der Waals surface area (Å²) in [6.07, 6.45) is 0. The molecule has 2 fully saturated rings. The van der Waals surface area contributed by atoms with Crippen molar-refractivity contribution in [1.29, 1.82) is 0 Å². The molecule has 2 atom stereocenters. The Kier molecular flexibility index (Phi) is 5.42. The average Bonchev–Trinajstić information content (AvgIpc) is 2.92. The van der Waals surface area contributed by atoms with Crippen LogP contribution in [0.15, 0.2) is 23.1 Å². The number of nitrogens with two attached hydrogens (primary N) is 1. The summed E-state index contributed by atoms with van der Waals surface area (Å²) < 4.78 is 46.8. The van der Waals surface area contributed by atoms with Gasteiger partial charge in [-0.25, -0.2) is 13.6 Å². The summed E-state index contributed by atoms with van der Waals surface area (Å²) in [5, 5.41) is 16.2. The van der Waals surface area contributed by atoms with Crippen LogP contribution in [-0.2, 0) is 14.8 Å². The molecule has 2 saturated heterocycles. The van der Waals surface area contributed by atoms with E-state index in [0.29, 0.717) is 26.3 Å². The predicted octanol–water partition coefficient (Wildman–Crippen LogP) is 0.537. The smallest absolute Gasteiger partial charge is 0.312 e. The molecule has 2 aliphatic rings. The van der Waals surface area contributed by atoms with E-state index in [-0.39, 0.29) is 35.1 Å². The summed E-state index contributed by atoms with van der Waals surface area (Å²) in [4.78, 5) is 12.3. The van der Waals surface area contributed by atoms with Crippen molar-refractivity contribution in [2.75, 3.05) is 39.6 Å². The van der Waals surface area contributed by atoms with Gasteiger partial charge in [-0.1, -0.05) is 0 Å². The van der Waals surface area contributed by atoms with Gasteiger partial charge in [-0.3, -0.25) is 19.4 Å². The van der Waals surface area contributed by atoms with Crippen molar-refractivity contribution in [2.24, 2.45) is 17.0 Å². The lowest BCUT2D eigenvalue weighted by Crippen LogP contribution is -2.48. The van der Waals surface area contributed by atoms with Crippen LogP contribution in [-0.4, -0.2) is 63.9 Å². The number of primary sulfonamides is 1. The highest BCUT2D eigenvalue weighted by molar-refractivity contribution is 7.89. The highest BCUT2D eigenvalue weighted by atomic mass is 32.2. The number of nitro benzene ring substituents is 1. The summed E-state index contributed by atoms with van der Waals surface area (Å²) >= 11 is 0. The van der Waals surface area contributed by atoms with Gasteiger partial charge in [0.1, 0.15) is 0 Å². The van der Waals surface area contributed by atoms with E-state index in [0.717, 1.165) is 12.1 Å². The lowest BCUT2D eigenvalue weighted by molar-refractivity contribution is -0.386. The lowest BCUT2D eigenvalue weighted by Gasteiger charge is -2.34. The van der Waals surface area contributed by atoms with Gasteiger partial charge < -0.3 is 9.47 Å². The first-order chi connectivity index (χ1) is 12.3. The van der Waals surface area contributed by atoms with Gasteiger partial charge in [0.2, 0.25) is 10.0 Å². The van der Waals surface area contributed by atoms with Crippen LogP contribution in [0.5, 0.6) is 5.75 Å². The van der Waals surface area contributed by atoms with E-state index in [4.69, 9.17) is 14.6 Å². The molecule has 144 valence electrons. The quantitative estimate of drug-likeness (QED) is 0.533. The summed E-state index contributed by atoms with van der Waals surface area (Å²) in [5.41, 5.74) is -0.490. The van der Waals surface area contributed by atoms with Gasteiger partial charge in [0.15, 0.2) is 5.75 Å². The normalized spacial score (nSPS) is 24.4. The highest BCUT2D eigenvalue weighted by Gasteiger charge is 2.39. The largest absolute Gasteiger partial charge is 0.486 e. The number of nitro groups is 1. The molecule has 2 heterocycles. The maximum atomic E-state index is 13.3. The molecule has 0 unspecified atom stereocenters. The maximum Gasteiger partial charge on any atom is 0.312 e. The van der Waals surface area contributed by atoms with Crippen molar-refractivity contribution in [3.8, 4) is 5.75 Å². The number of halogens is 1. The van der Waals surface area contributed by atoms with Gasteiger partial charge in [0.25, 0.3) is 0 Å². The molecule has 2 N–H and O–H groups in total. The zero-order valence-corrected chi connectivity index (χ0v) is 14.7. The van der Waals surface area contributed by atoms with Crippen molar-refractivity contribution in [2.45, 2.75) is 10.9 Å². The lowest BCUT2D eigenvalue weighted by atomic mass is 9.98. The standard InChI is InChI=1S/C15H20FN3O6S/c16-4-10-5-18(12-8-24-9-12)6-11(10)7-25-15-2-1-13(26(17,22)23)3-14(15)19(20)21/h1-3,10-12H,4-9H2,(H2,17,22,23)/t10-,11+/m1/s1. The summed E-state index contributed by atoms with van der Waals surface area (Å²) in [6.45, 7) is 2.11. The Morgan fingerprint density at radius 1 is 1.35 bits per heavy atom. The zero-order valence-electron chi connectivity index (χ0n) is 13.9. The Labute approximate surface area is 150 Å². The average molecular weight is 389 g/mol. The maximum absolute atomic E-state index is 13.3. The fraction of sp³-hybridized carbons (Fsp3) is 0.600. The van der Waals surface area contributed by atoms with Crippen LogP contribution in [0.4, 0.5) is 10.1 Å². The second kappa shape index (κ2) is 7.43. The van der Waals surface area contributed by atoms with Gasteiger partial charge in [0.05, 0.1) is 42.4 Å². The summed E-state index contributed by atoms with van der Waals surface area (Å²) in [5.74, 6) is -0.387. The van der Waals surface area contributed by atoms with E-state index in [1.165, 1.54) is 6.07 Å². The number of hydrogen-bond donors (Lipinski definition) is 1. The molecule has 1 aromatic carbocycles. The molecule has 0 aliphatic carbocycles. The van der Waals surface area contributed by atoms with Gasteiger partial charge in [0, 0.05) is 31.0 Å². The number of ether oxygens (including phenoxy) is 2. The third-order valence-electron chi connectivity index (χ3n) is 4.85. The molecule has 0 saturated carbocycles. The number of benzene rings is 1. The molecule has 0 spiro atoms. The molecule has 0 bridgehead atoms. The Balaban J connectivity index is 1.71. The van der Waals surface area contributed by atoms with E-state index >= 15 is 0 Å². The van der Waals surface area contributed by atoms with Crippen LogP contribution >= 0.6 is 0 Å². The molecule has 11 heteroatoms. The van der Waals surface area contributed by atoms with E-state index in [9.17, 15) is 22.9 Å². The molecule has 0 radical (unpaired) electrons. The van der Waals surface area contributed by atoms with Crippen molar-refractivity contribution in [1.82, 2.24) is 4.90 Å². The fourth-order valence-electron chi connectivity index (χ4n) is 3.21. The first kappa shape index (κ1) is 19.0. The minimum Gasteiger partial charge on any atom is -0.486 e. The van der Waals surface area contributed by atoms with Crippen LogP contribution in [0.2, 0.25) is 0 Å². The van der Waals surface area contributed by atoms with Crippen LogP contribution in [0, 0.1) is 22.0 Å². The predicted molar refractivity (Wildman–Crippen MR) is 89.1 cm³/mol. The van der Waals surface area contributed by atoms with Gasteiger partial charge >= 0.3 is 5.69 Å². The van der Waals surface area contributed by atoms with E-state index in [1.54, 1.807) is 0 Å². The SMILES string of the molecule is NS(=O)(=O)c1ccc(OC[C@@H]2CN(C3COC3)C[C@H]2CF)c([N+](=O)[O-])c1. The van der Waals surface area contributed by atoms with Gasteiger partial charge in [-0.15, -0.1) is 0 Å². The molecule has 3 rings (SSSR count). The monoisotopic (exact) mass is 389 g/mol. The Morgan fingerprint density at radius 3 is 2.58 bits per heavy atom. The highest BCUT2D eigenvalue weighted by Crippen LogP contribution is 2.32. The van der Waals surface area contributed by atoms with E-state index in [2.05, 4.69) is 4.90 Å². The molecule has 26 heavy (non-hydrogen) atoms. The first-order valence-corrected chi connectivity index (χ1v) is 9.66. The van der Waals surface area contributed by atoms with Crippen molar-refractivity contribution < 1.29 is 27.2 Å². The second-order valence-corrected chi connectivity index (χ2v) is 8.12. The minimum atomic E-state index is -4.06. The number of likely N-dealkylation sites (tertiary alicyclic amines) is 1. The Hall–Kier alpha value is -1.82. The third-order valence-corrected chi connectivity index (χ3v) is 5.76. The number of sulfonamides is 1. The summed E-state index contributed by atoms with van der Waals surface area (Å²) in [6, 6.07) is 3.51. The number of hydrogen-bond acceptors (Lipinski definition) is 7. The van der Waals surface area contributed by atoms with Gasteiger partial charge in [-0.05, 0) is 12.1 Å². The Bertz CT molecular complexity index is 786. The number of rotatable bonds is 7. The molecule has 2 aliphatic heterocycles. The first-order valence-electron chi connectivity index (χ1n) is 8.11. The van der Waals surface area contributed by atoms with Crippen LogP contribution in [0.3, 0.4) is 0 Å². The fourth-order valence-corrected chi connectivity index (χ4v) is 3.74. The topological polar surface area (TPSA) is 125 Å². The van der Waals surface area contributed by atoms with Crippen LogP contribution < -0.4 is 9.88 Å². The third kappa shape index (κ3) is 3.95. The van der Waals surface area contributed by atoms with Crippen molar-refractivity contribution >= 4 is 15.7 Å². The molecule has 0 amide bonds.